The van der Waals surface area contributed by atoms with Crippen LogP contribution >= 0.6 is 0 Å². The van der Waals surface area contributed by atoms with Crippen molar-refractivity contribution in [3.05, 3.63) is 90.0 Å². The van der Waals surface area contributed by atoms with Gasteiger partial charge in [0, 0.05) is 6.92 Å². The van der Waals surface area contributed by atoms with Crippen LogP contribution in [0.3, 0.4) is 0 Å². The molecule has 3 aromatic rings. The minimum absolute atomic E-state index is 0. The zero-order chi connectivity index (χ0) is 13.8. The molecular formula is C18H19ClN2. The molecule has 2 nitrogen and oxygen atoms in total. The third kappa shape index (κ3) is 3.73. The smallest absolute Gasteiger partial charge is 0.253 e. The Labute approximate surface area is 132 Å². The van der Waals surface area contributed by atoms with E-state index in [0.717, 1.165) is 13.1 Å². The summed E-state index contributed by atoms with van der Waals surface area (Å²) in [6.45, 7) is 4.02. The van der Waals surface area contributed by atoms with Gasteiger partial charge in [0.25, 0.3) is 5.82 Å². The van der Waals surface area contributed by atoms with Gasteiger partial charge in [-0.05, 0) is 11.1 Å². The van der Waals surface area contributed by atoms with Gasteiger partial charge in [-0.25, -0.2) is 9.13 Å². The number of aromatic nitrogens is 2. The van der Waals surface area contributed by atoms with Gasteiger partial charge >= 0.3 is 0 Å². The summed E-state index contributed by atoms with van der Waals surface area (Å²) in [4.78, 5) is 0. The average Bonchev–Trinajstić information content (AvgIpc) is 2.83. The molecule has 0 atom stereocenters. The minimum Gasteiger partial charge on any atom is -1.00 e. The Hall–Kier alpha value is -2.06. The first-order valence-corrected chi connectivity index (χ1v) is 6.96. The summed E-state index contributed by atoms with van der Waals surface area (Å²) in [5.41, 5.74) is 2.66. The van der Waals surface area contributed by atoms with Gasteiger partial charge in [-0.1, -0.05) is 60.7 Å². The molecule has 0 amide bonds. The Morgan fingerprint density at radius 3 is 2.05 bits per heavy atom. The maximum Gasteiger partial charge on any atom is 0.253 e. The summed E-state index contributed by atoms with van der Waals surface area (Å²) >= 11 is 0. The van der Waals surface area contributed by atoms with E-state index in [2.05, 4.69) is 89.1 Å². The number of hydrogen-bond donors (Lipinski definition) is 0. The van der Waals surface area contributed by atoms with Crippen LogP contribution in [0.4, 0.5) is 0 Å². The zero-order valence-electron chi connectivity index (χ0n) is 12.1. The van der Waals surface area contributed by atoms with Crippen LogP contribution < -0.4 is 17.0 Å². The van der Waals surface area contributed by atoms with Crippen molar-refractivity contribution in [2.75, 3.05) is 0 Å². The van der Waals surface area contributed by atoms with Gasteiger partial charge in [0.05, 0.1) is 0 Å². The SMILES string of the molecule is Cc1n(Cc2ccccc2)cc[n+]1Cc1ccccc1.[Cl-]. The molecule has 0 spiro atoms. The molecule has 0 aliphatic rings. The highest BCUT2D eigenvalue weighted by molar-refractivity contribution is 5.15. The lowest BCUT2D eigenvalue weighted by Gasteiger charge is -2.02. The van der Waals surface area contributed by atoms with Crippen molar-refractivity contribution < 1.29 is 17.0 Å². The minimum atomic E-state index is 0. The van der Waals surface area contributed by atoms with Gasteiger partial charge in [-0.2, -0.15) is 0 Å². The summed E-state index contributed by atoms with van der Waals surface area (Å²) in [6.07, 6.45) is 4.32. The number of nitrogens with zero attached hydrogens (tertiary/aromatic N) is 2. The van der Waals surface area contributed by atoms with E-state index >= 15 is 0 Å². The zero-order valence-corrected chi connectivity index (χ0v) is 12.9. The molecule has 0 saturated carbocycles. The standard InChI is InChI=1S/C18H19N2.ClH/c1-16-19(14-17-8-4-2-5-9-17)12-13-20(16)15-18-10-6-3-7-11-18;/h2-13H,14-15H2,1H3;1H/q+1;/p-1. The Morgan fingerprint density at radius 2 is 1.43 bits per heavy atom. The molecule has 3 heteroatoms. The lowest BCUT2D eigenvalue weighted by Crippen LogP contribution is -3.00. The van der Waals surface area contributed by atoms with E-state index in [-0.39, 0.29) is 12.4 Å². The van der Waals surface area contributed by atoms with Crippen molar-refractivity contribution in [1.82, 2.24) is 4.57 Å². The van der Waals surface area contributed by atoms with Crippen LogP contribution in [0.5, 0.6) is 0 Å². The highest BCUT2D eigenvalue weighted by Gasteiger charge is 2.12. The number of imidazole rings is 1. The number of halogens is 1. The van der Waals surface area contributed by atoms with E-state index in [0.29, 0.717) is 0 Å². The molecule has 2 aromatic carbocycles. The lowest BCUT2D eigenvalue weighted by atomic mass is 10.2. The summed E-state index contributed by atoms with van der Waals surface area (Å²) in [5, 5.41) is 0. The average molecular weight is 299 g/mol. The van der Waals surface area contributed by atoms with Crippen molar-refractivity contribution in [1.29, 1.82) is 0 Å². The molecule has 1 aromatic heterocycles. The topological polar surface area (TPSA) is 8.81 Å². The van der Waals surface area contributed by atoms with Crippen LogP contribution in [-0.4, -0.2) is 4.57 Å². The maximum absolute atomic E-state index is 2.29. The first-order valence-electron chi connectivity index (χ1n) is 6.96. The van der Waals surface area contributed by atoms with Crippen LogP contribution in [0.25, 0.3) is 0 Å². The highest BCUT2D eigenvalue weighted by Crippen LogP contribution is 2.05. The first-order chi connectivity index (χ1) is 9.83. The van der Waals surface area contributed by atoms with Crippen molar-refractivity contribution >= 4 is 0 Å². The molecule has 21 heavy (non-hydrogen) atoms. The van der Waals surface area contributed by atoms with Gasteiger partial charge in [0.15, 0.2) is 0 Å². The van der Waals surface area contributed by atoms with E-state index in [9.17, 15) is 0 Å². The Balaban J connectivity index is 0.00000161. The Kier molecular flexibility index (Phi) is 5.18. The van der Waals surface area contributed by atoms with Gasteiger partial charge in [-0.15, -0.1) is 0 Å². The van der Waals surface area contributed by atoms with Crippen LogP contribution in [0.15, 0.2) is 73.1 Å². The molecule has 0 N–H and O–H groups in total. The van der Waals surface area contributed by atoms with Gasteiger partial charge < -0.3 is 12.4 Å². The Bertz CT molecular complexity index is 616. The summed E-state index contributed by atoms with van der Waals surface area (Å²) in [5.74, 6) is 1.28. The van der Waals surface area contributed by atoms with Crippen LogP contribution in [-0.2, 0) is 13.1 Å². The van der Waals surface area contributed by atoms with Gasteiger partial charge in [0.1, 0.15) is 25.5 Å². The monoisotopic (exact) mass is 298 g/mol. The third-order valence-electron chi connectivity index (χ3n) is 3.65. The predicted molar refractivity (Wildman–Crippen MR) is 80.5 cm³/mol. The van der Waals surface area contributed by atoms with Crippen molar-refractivity contribution in [2.45, 2.75) is 20.0 Å². The second-order valence-corrected chi connectivity index (χ2v) is 5.07. The quantitative estimate of drug-likeness (QED) is 0.608. The molecule has 0 fully saturated rings. The maximum atomic E-state index is 2.29. The van der Waals surface area contributed by atoms with E-state index in [1.54, 1.807) is 0 Å². The van der Waals surface area contributed by atoms with Crippen LogP contribution in [0, 0.1) is 6.92 Å². The molecule has 0 aliphatic carbocycles. The molecule has 3 rings (SSSR count). The second kappa shape index (κ2) is 7.09. The van der Waals surface area contributed by atoms with Crippen LogP contribution in [0.1, 0.15) is 17.0 Å². The van der Waals surface area contributed by atoms with E-state index in [4.69, 9.17) is 0 Å². The summed E-state index contributed by atoms with van der Waals surface area (Å²) < 4.78 is 4.58. The molecule has 0 saturated heterocycles. The van der Waals surface area contributed by atoms with Crippen molar-refractivity contribution in [3.8, 4) is 0 Å². The largest absolute Gasteiger partial charge is 1.00 e. The Morgan fingerprint density at radius 1 is 0.857 bits per heavy atom. The second-order valence-electron chi connectivity index (χ2n) is 5.07. The van der Waals surface area contributed by atoms with Crippen LogP contribution in [0.2, 0.25) is 0 Å². The van der Waals surface area contributed by atoms with Crippen molar-refractivity contribution in [3.63, 3.8) is 0 Å². The lowest BCUT2D eigenvalue weighted by molar-refractivity contribution is -0.693. The molecule has 0 radical (unpaired) electrons. The fourth-order valence-electron chi connectivity index (χ4n) is 2.44. The summed E-state index contributed by atoms with van der Waals surface area (Å²) in [7, 11) is 0. The van der Waals surface area contributed by atoms with E-state index < -0.39 is 0 Å². The molecule has 108 valence electrons. The molecule has 1 heterocycles. The number of benzene rings is 2. The molecule has 0 bridgehead atoms. The fourth-order valence-corrected chi connectivity index (χ4v) is 2.44. The molecule has 0 aliphatic heterocycles. The summed E-state index contributed by atoms with van der Waals surface area (Å²) in [6, 6.07) is 21.1. The molecule has 0 unspecified atom stereocenters. The first kappa shape index (κ1) is 15.3. The third-order valence-corrected chi connectivity index (χ3v) is 3.65. The van der Waals surface area contributed by atoms with E-state index in [1.165, 1.54) is 17.0 Å². The van der Waals surface area contributed by atoms with E-state index in [1.807, 2.05) is 0 Å². The van der Waals surface area contributed by atoms with Gasteiger partial charge in [0.2, 0.25) is 0 Å². The highest BCUT2D eigenvalue weighted by atomic mass is 35.5. The molecular weight excluding hydrogens is 280 g/mol. The van der Waals surface area contributed by atoms with Gasteiger partial charge in [-0.3, -0.25) is 0 Å². The number of hydrogen-bond acceptors (Lipinski definition) is 0. The normalized spacial score (nSPS) is 10.1. The number of rotatable bonds is 4. The fraction of sp³-hybridized carbons (Fsp3) is 0.167. The van der Waals surface area contributed by atoms with Crippen molar-refractivity contribution in [2.24, 2.45) is 0 Å². The predicted octanol–water partition coefficient (Wildman–Crippen LogP) is 0.185.